The highest BCUT2D eigenvalue weighted by molar-refractivity contribution is 7.90. The molecule has 7 nitrogen and oxygen atoms in total. The first kappa shape index (κ1) is 18.5. The Morgan fingerprint density at radius 1 is 1.16 bits per heavy atom. The lowest BCUT2D eigenvalue weighted by molar-refractivity contribution is -0.137. The Hall–Kier alpha value is -2.82. The first-order chi connectivity index (χ1) is 11.4. The highest BCUT2D eigenvalue weighted by atomic mass is 32.2. The lowest BCUT2D eigenvalue weighted by Crippen LogP contribution is -2.25. The Bertz CT molecular complexity index is 944. The second kappa shape index (κ2) is 6.24. The van der Waals surface area contributed by atoms with Crippen LogP contribution in [-0.2, 0) is 16.0 Å². The number of guanidine groups is 1. The van der Waals surface area contributed by atoms with E-state index < -0.39 is 43.9 Å². The number of sulfone groups is 1. The van der Waals surface area contributed by atoms with Crippen molar-refractivity contribution < 1.29 is 26.4 Å². The number of rotatable bonds is 3. The van der Waals surface area contributed by atoms with E-state index in [4.69, 9.17) is 11.5 Å². The fourth-order valence-electron chi connectivity index (χ4n) is 2.15. The molecule has 4 N–H and O–H groups in total. The molecular weight excluding hydrogens is 361 g/mol. The number of carbonyl (C=O) groups excluding carboxylic acids is 1. The van der Waals surface area contributed by atoms with E-state index in [0.717, 1.165) is 6.26 Å². The largest absolute Gasteiger partial charge is 0.417 e. The zero-order valence-electron chi connectivity index (χ0n) is 12.8. The molecule has 1 aromatic heterocycles. The van der Waals surface area contributed by atoms with Crippen LogP contribution in [0.3, 0.4) is 0 Å². The molecule has 134 valence electrons. The molecule has 11 heteroatoms. The number of nitrogens with zero attached hydrogens (tertiary/aromatic N) is 2. The molecule has 0 aliphatic heterocycles. The summed E-state index contributed by atoms with van der Waals surface area (Å²) < 4.78 is 65.3. The summed E-state index contributed by atoms with van der Waals surface area (Å²) >= 11 is 0. The molecule has 0 aliphatic carbocycles. The van der Waals surface area contributed by atoms with E-state index in [0.29, 0.717) is 12.1 Å². The molecule has 0 saturated heterocycles. The molecule has 0 aliphatic rings. The first-order valence-corrected chi connectivity index (χ1v) is 8.53. The van der Waals surface area contributed by atoms with E-state index >= 15 is 0 Å². The minimum Gasteiger partial charge on any atom is -0.370 e. The third-order valence-corrected chi connectivity index (χ3v) is 4.27. The van der Waals surface area contributed by atoms with Gasteiger partial charge in [-0.3, -0.25) is 4.79 Å². The van der Waals surface area contributed by atoms with Crippen LogP contribution in [0.5, 0.6) is 0 Å². The molecule has 0 fully saturated rings. The molecule has 1 aromatic carbocycles. The summed E-state index contributed by atoms with van der Waals surface area (Å²) in [4.78, 5) is 14.6. The van der Waals surface area contributed by atoms with Gasteiger partial charge in [-0.2, -0.15) is 18.2 Å². The number of hydrogen-bond donors (Lipinski definition) is 2. The molecule has 1 heterocycles. The highest BCUT2D eigenvalue weighted by Gasteiger charge is 2.37. The molecular formula is C14H13F3N4O3S. The van der Waals surface area contributed by atoms with Gasteiger partial charge in [0.05, 0.1) is 21.7 Å². The van der Waals surface area contributed by atoms with Crippen molar-refractivity contribution in [2.45, 2.75) is 11.1 Å². The Morgan fingerprint density at radius 3 is 2.16 bits per heavy atom. The lowest BCUT2D eigenvalue weighted by atomic mass is 10.0. The van der Waals surface area contributed by atoms with Crippen molar-refractivity contribution in [3.8, 4) is 5.69 Å². The first-order valence-electron chi connectivity index (χ1n) is 6.64. The molecule has 1 amide bonds. The third-order valence-electron chi connectivity index (χ3n) is 3.15. The van der Waals surface area contributed by atoms with Crippen LogP contribution < -0.4 is 11.5 Å². The van der Waals surface area contributed by atoms with Crippen molar-refractivity contribution in [1.29, 1.82) is 0 Å². The van der Waals surface area contributed by atoms with Gasteiger partial charge in [-0.05, 0) is 24.3 Å². The average molecular weight is 374 g/mol. The van der Waals surface area contributed by atoms with E-state index in [9.17, 15) is 26.4 Å². The summed E-state index contributed by atoms with van der Waals surface area (Å²) in [7, 11) is -3.96. The van der Waals surface area contributed by atoms with Crippen LogP contribution in [0.1, 0.15) is 15.9 Å². The minimum absolute atomic E-state index is 0.249. The van der Waals surface area contributed by atoms with Crippen LogP contribution in [0, 0.1) is 0 Å². The molecule has 0 radical (unpaired) electrons. The Kier molecular flexibility index (Phi) is 4.62. The predicted octanol–water partition coefficient (Wildman–Crippen LogP) is 1.31. The molecule has 0 unspecified atom stereocenters. The van der Waals surface area contributed by atoms with Crippen LogP contribution >= 0.6 is 0 Å². The van der Waals surface area contributed by atoms with Crippen molar-refractivity contribution in [2.75, 3.05) is 6.26 Å². The maximum atomic E-state index is 13.4. The van der Waals surface area contributed by atoms with E-state index in [1.165, 1.54) is 29.1 Å². The van der Waals surface area contributed by atoms with Gasteiger partial charge in [0.1, 0.15) is 0 Å². The van der Waals surface area contributed by atoms with Gasteiger partial charge in [0.2, 0.25) is 0 Å². The second-order valence-corrected chi connectivity index (χ2v) is 7.05. The van der Waals surface area contributed by atoms with Gasteiger partial charge in [0.15, 0.2) is 15.8 Å². The number of aliphatic imine (C=N–C) groups is 1. The SMILES string of the molecule is CS(=O)(=O)c1cc(C(=O)N=C(N)N)c(C(F)(F)F)cc1-n1cccc1. The highest BCUT2D eigenvalue weighted by Crippen LogP contribution is 2.36. The number of nitrogens with two attached hydrogens (primary N) is 2. The number of halogens is 3. The maximum absolute atomic E-state index is 13.4. The van der Waals surface area contributed by atoms with Crippen LogP contribution in [0.15, 0.2) is 46.5 Å². The Labute approximate surface area is 140 Å². The summed E-state index contributed by atoms with van der Waals surface area (Å²) in [5.74, 6) is -2.13. The van der Waals surface area contributed by atoms with Gasteiger partial charge in [-0.25, -0.2) is 8.42 Å². The molecule has 2 rings (SSSR count). The van der Waals surface area contributed by atoms with Gasteiger partial charge < -0.3 is 16.0 Å². The van der Waals surface area contributed by atoms with Crippen molar-refractivity contribution in [3.05, 3.63) is 47.8 Å². The molecule has 0 bridgehead atoms. The fraction of sp³-hybridized carbons (Fsp3) is 0.143. The maximum Gasteiger partial charge on any atom is 0.417 e. The van der Waals surface area contributed by atoms with Gasteiger partial charge >= 0.3 is 6.18 Å². The smallest absolute Gasteiger partial charge is 0.370 e. The van der Waals surface area contributed by atoms with Crippen LogP contribution in [0.4, 0.5) is 13.2 Å². The summed E-state index contributed by atoms with van der Waals surface area (Å²) in [6.45, 7) is 0. The number of benzene rings is 1. The monoisotopic (exact) mass is 374 g/mol. The number of alkyl halides is 3. The van der Waals surface area contributed by atoms with Crippen molar-refractivity contribution in [3.63, 3.8) is 0 Å². The predicted molar refractivity (Wildman–Crippen MR) is 84.0 cm³/mol. The Balaban J connectivity index is 2.89. The Morgan fingerprint density at radius 2 is 1.72 bits per heavy atom. The van der Waals surface area contributed by atoms with Crippen LogP contribution in [0.25, 0.3) is 5.69 Å². The second-order valence-electron chi connectivity index (χ2n) is 5.07. The van der Waals surface area contributed by atoms with E-state index in [-0.39, 0.29) is 5.69 Å². The topological polar surface area (TPSA) is 121 Å². The van der Waals surface area contributed by atoms with Gasteiger partial charge in [0, 0.05) is 18.6 Å². The number of amides is 1. The average Bonchev–Trinajstić information content (AvgIpc) is 2.97. The summed E-state index contributed by atoms with van der Waals surface area (Å²) in [6, 6.07) is 4.23. The fourth-order valence-corrected chi connectivity index (χ4v) is 3.03. The van der Waals surface area contributed by atoms with Gasteiger partial charge in [-0.15, -0.1) is 0 Å². The number of carbonyl (C=O) groups is 1. The van der Waals surface area contributed by atoms with Gasteiger partial charge in [0.25, 0.3) is 5.91 Å². The van der Waals surface area contributed by atoms with E-state index in [1.807, 2.05) is 0 Å². The molecule has 0 atom stereocenters. The van der Waals surface area contributed by atoms with Crippen molar-refractivity contribution in [2.24, 2.45) is 16.5 Å². The van der Waals surface area contributed by atoms with Crippen molar-refractivity contribution >= 4 is 21.7 Å². The number of hydrogen-bond acceptors (Lipinski definition) is 3. The van der Waals surface area contributed by atoms with E-state index in [1.54, 1.807) is 0 Å². The number of aromatic nitrogens is 1. The molecule has 25 heavy (non-hydrogen) atoms. The zero-order chi connectivity index (χ0) is 19.0. The molecule has 0 spiro atoms. The van der Waals surface area contributed by atoms with Crippen molar-refractivity contribution in [1.82, 2.24) is 4.57 Å². The zero-order valence-corrected chi connectivity index (χ0v) is 13.6. The molecule has 2 aromatic rings. The van der Waals surface area contributed by atoms with E-state index in [2.05, 4.69) is 4.99 Å². The van der Waals surface area contributed by atoms with Gasteiger partial charge in [-0.1, -0.05) is 0 Å². The molecule has 0 saturated carbocycles. The normalized spacial score (nSPS) is 12.0. The third kappa shape index (κ3) is 3.99. The lowest BCUT2D eigenvalue weighted by Gasteiger charge is -2.16. The summed E-state index contributed by atoms with van der Waals surface area (Å²) in [5.41, 5.74) is 7.49. The standard InChI is InChI=1S/C14H13F3N4O3S/c1-25(23,24)11-6-8(12(22)20-13(18)19)9(14(15,16)17)7-10(11)21-4-2-3-5-21/h2-7H,1H3,(H4,18,19,20,22). The van der Waals surface area contributed by atoms with Crippen LogP contribution in [-0.4, -0.2) is 31.1 Å². The quantitative estimate of drug-likeness (QED) is 0.620. The van der Waals surface area contributed by atoms with Crippen LogP contribution in [0.2, 0.25) is 0 Å². The summed E-state index contributed by atoms with van der Waals surface area (Å²) in [5, 5.41) is 0. The summed E-state index contributed by atoms with van der Waals surface area (Å²) in [6.07, 6.45) is -1.36. The minimum atomic E-state index is -4.93.